The molecule has 30 heavy (non-hydrogen) atoms. The van der Waals surface area contributed by atoms with E-state index in [0.29, 0.717) is 36.0 Å². The molecule has 0 amide bonds. The lowest BCUT2D eigenvalue weighted by Gasteiger charge is -2.22. The van der Waals surface area contributed by atoms with Gasteiger partial charge < -0.3 is 14.5 Å². The average Bonchev–Trinajstić information content (AvgIpc) is 3.19. The zero-order valence-corrected chi connectivity index (χ0v) is 17.1. The van der Waals surface area contributed by atoms with Crippen LogP contribution in [-0.4, -0.2) is 43.4 Å². The maximum atomic E-state index is 12.6. The molecule has 3 aromatic heterocycles. The van der Waals surface area contributed by atoms with Gasteiger partial charge in [-0.15, -0.1) is 0 Å². The van der Waals surface area contributed by atoms with Gasteiger partial charge in [-0.05, 0) is 37.6 Å². The van der Waals surface area contributed by atoms with Crippen LogP contribution in [-0.2, 0) is 17.8 Å². The maximum Gasteiger partial charge on any atom is 0.332 e. The van der Waals surface area contributed by atoms with Crippen molar-refractivity contribution in [3.8, 4) is 5.88 Å². The number of rotatable bonds is 6. The van der Waals surface area contributed by atoms with Crippen LogP contribution >= 0.6 is 0 Å². The molecule has 1 fully saturated rings. The molecule has 0 radical (unpaired) electrons. The Balaban J connectivity index is 1.56. The zero-order valence-electron chi connectivity index (χ0n) is 17.1. The number of hydrogen-bond donors (Lipinski definition) is 1. The summed E-state index contributed by atoms with van der Waals surface area (Å²) in [7, 11) is 0. The number of aryl methyl sites for hydroxylation is 1. The first kappa shape index (κ1) is 20.1. The lowest BCUT2D eigenvalue weighted by Crippen LogP contribution is -2.39. The Hall–Kier alpha value is -3.20. The second kappa shape index (κ2) is 8.66. The molecule has 0 atom stereocenters. The third-order valence-electron chi connectivity index (χ3n) is 5.16. The number of pyridine rings is 1. The number of H-pyrrole nitrogens is 1. The molecule has 9 heteroatoms. The summed E-state index contributed by atoms with van der Waals surface area (Å²) < 4.78 is 13.9. The minimum atomic E-state index is -0.356. The van der Waals surface area contributed by atoms with E-state index in [9.17, 15) is 9.59 Å². The van der Waals surface area contributed by atoms with Gasteiger partial charge in [-0.2, -0.15) is 0 Å². The predicted molar refractivity (Wildman–Crippen MR) is 114 cm³/mol. The number of fused-ring (bicyclic) bond motifs is 1. The van der Waals surface area contributed by atoms with Crippen molar-refractivity contribution in [2.75, 3.05) is 13.2 Å². The molecule has 0 bridgehead atoms. The van der Waals surface area contributed by atoms with Crippen molar-refractivity contribution in [3.05, 3.63) is 50.6 Å². The molecular formula is C21H25N5O4. The highest BCUT2D eigenvalue weighted by molar-refractivity contribution is 5.75. The number of nitrogens with one attached hydrogen (secondary N) is 1. The third-order valence-corrected chi connectivity index (χ3v) is 5.16. The van der Waals surface area contributed by atoms with Crippen molar-refractivity contribution in [3.63, 3.8) is 0 Å². The Morgan fingerprint density at radius 2 is 1.93 bits per heavy atom. The van der Waals surface area contributed by atoms with Crippen LogP contribution < -0.4 is 16.0 Å². The second-order valence-corrected chi connectivity index (χ2v) is 7.09. The quantitative estimate of drug-likeness (QED) is 0.666. The summed E-state index contributed by atoms with van der Waals surface area (Å²) in [5.41, 5.74) is 0.870. The molecule has 4 rings (SSSR count). The van der Waals surface area contributed by atoms with E-state index in [0.717, 1.165) is 31.6 Å². The van der Waals surface area contributed by atoms with Crippen molar-refractivity contribution >= 4 is 23.3 Å². The van der Waals surface area contributed by atoms with Crippen molar-refractivity contribution in [1.29, 1.82) is 0 Å². The fourth-order valence-electron chi connectivity index (χ4n) is 3.53. The Bertz CT molecular complexity index is 1170. The van der Waals surface area contributed by atoms with Crippen LogP contribution in [0, 0.1) is 0 Å². The number of ether oxygens (including phenoxy) is 2. The summed E-state index contributed by atoms with van der Waals surface area (Å²) in [5.74, 6) is 1.09. The van der Waals surface area contributed by atoms with E-state index >= 15 is 0 Å². The fourth-order valence-corrected chi connectivity index (χ4v) is 3.53. The van der Waals surface area contributed by atoms with Gasteiger partial charge in [0.1, 0.15) is 17.4 Å². The number of aromatic amines is 1. The molecule has 0 aliphatic carbocycles. The molecule has 158 valence electrons. The standard InChI is InChI=1S/C21H25N5O4/c1-3-25-19-18(20(27)26(4-2)21(25)28)23-16(24-19)7-5-14-6-8-17(22-13-14)30-15-9-11-29-12-10-15/h5-8,13,15H,3-4,9-12H2,1-2H3,(H,23,24). The highest BCUT2D eigenvalue weighted by Crippen LogP contribution is 2.17. The lowest BCUT2D eigenvalue weighted by molar-refractivity contribution is 0.0237. The van der Waals surface area contributed by atoms with E-state index in [1.165, 1.54) is 9.13 Å². The van der Waals surface area contributed by atoms with Gasteiger partial charge in [-0.1, -0.05) is 0 Å². The molecule has 4 heterocycles. The molecular weight excluding hydrogens is 386 g/mol. The first-order valence-corrected chi connectivity index (χ1v) is 10.2. The fraction of sp³-hybridized carbons (Fsp3) is 0.429. The van der Waals surface area contributed by atoms with Crippen LogP contribution in [0.5, 0.6) is 5.88 Å². The van der Waals surface area contributed by atoms with E-state index in [1.54, 1.807) is 19.2 Å². The van der Waals surface area contributed by atoms with Crippen LogP contribution in [0.2, 0.25) is 0 Å². The SMILES string of the molecule is CCn1c(=O)c2[nH]c(C=Cc3ccc(OC4CCOCC4)nc3)nc2n(CC)c1=O. The van der Waals surface area contributed by atoms with Crippen molar-refractivity contribution < 1.29 is 9.47 Å². The molecule has 0 spiro atoms. The van der Waals surface area contributed by atoms with Gasteiger partial charge in [-0.25, -0.2) is 14.8 Å². The second-order valence-electron chi connectivity index (χ2n) is 7.09. The topological polar surface area (TPSA) is 104 Å². The van der Waals surface area contributed by atoms with Gasteiger partial charge in [0.25, 0.3) is 5.56 Å². The largest absolute Gasteiger partial charge is 0.474 e. The number of aromatic nitrogens is 5. The van der Waals surface area contributed by atoms with Gasteiger partial charge in [0.05, 0.1) is 13.2 Å². The monoisotopic (exact) mass is 411 g/mol. The summed E-state index contributed by atoms with van der Waals surface area (Å²) in [6, 6.07) is 3.75. The van der Waals surface area contributed by atoms with Gasteiger partial charge in [0.2, 0.25) is 5.88 Å². The van der Waals surface area contributed by atoms with E-state index in [-0.39, 0.29) is 17.4 Å². The zero-order chi connectivity index (χ0) is 21.1. The number of hydrogen-bond acceptors (Lipinski definition) is 6. The summed E-state index contributed by atoms with van der Waals surface area (Å²) in [4.78, 5) is 36.8. The van der Waals surface area contributed by atoms with Crippen molar-refractivity contribution in [2.45, 2.75) is 45.9 Å². The summed E-state index contributed by atoms with van der Waals surface area (Å²) in [6.45, 7) is 5.81. The van der Waals surface area contributed by atoms with Crippen LogP contribution in [0.15, 0.2) is 27.9 Å². The third kappa shape index (κ3) is 3.93. The van der Waals surface area contributed by atoms with Crippen LogP contribution in [0.4, 0.5) is 0 Å². The molecule has 1 N–H and O–H groups in total. The highest BCUT2D eigenvalue weighted by atomic mass is 16.5. The van der Waals surface area contributed by atoms with Gasteiger partial charge >= 0.3 is 5.69 Å². The summed E-state index contributed by atoms with van der Waals surface area (Å²) in [6.07, 6.45) is 7.22. The summed E-state index contributed by atoms with van der Waals surface area (Å²) in [5, 5.41) is 0. The highest BCUT2D eigenvalue weighted by Gasteiger charge is 2.16. The van der Waals surface area contributed by atoms with Crippen LogP contribution in [0.25, 0.3) is 23.3 Å². The molecule has 0 saturated carbocycles. The van der Waals surface area contributed by atoms with E-state index in [2.05, 4.69) is 15.0 Å². The minimum Gasteiger partial charge on any atom is -0.474 e. The summed E-state index contributed by atoms with van der Waals surface area (Å²) >= 11 is 0. The molecule has 1 aliphatic rings. The van der Waals surface area contributed by atoms with Gasteiger partial charge in [-0.3, -0.25) is 13.9 Å². The van der Waals surface area contributed by atoms with Gasteiger partial charge in [0, 0.05) is 38.2 Å². The Morgan fingerprint density at radius 3 is 2.60 bits per heavy atom. The normalized spacial score (nSPS) is 15.3. The molecule has 1 aliphatic heterocycles. The Labute approximate surface area is 173 Å². The van der Waals surface area contributed by atoms with Crippen LogP contribution in [0.1, 0.15) is 38.1 Å². The molecule has 3 aromatic rings. The molecule has 0 unspecified atom stereocenters. The molecule has 0 aromatic carbocycles. The predicted octanol–water partition coefficient (Wildman–Crippen LogP) is 2.05. The first-order chi connectivity index (χ1) is 14.6. The molecule has 9 nitrogen and oxygen atoms in total. The van der Waals surface area contributed by atoms with E-state index < -0.39 is 0 Å². The Morgan fingerprint density at radius 1 is 1.17 bits per heavy atom. The maximum absolute atomic E-state index is 12.6. The minimum absolute atomic E-state index is 0.145. The Kier molecular flexibility index (Phi) is 5.80. The molecule has 1 saturated heterocycles. The van der Waals surface area contributed by atoms with Crippen molar-refractivity contribution in [1.82, 2.24) is 24.1 Å². The van der Waals surface area contributed by atoms with E-state index in [4.69, 9.17) is 9.47 Å². The number of imidazole rings is 1. The van der Waals surface area contributed by atoms with Crippen LogP contribution in [0.3, 0.4) is 0 Å². The smallest absolute Gasteiger partial charge is 0.332 e. The number of nitrogens with zero attached hydrogens (tertiary/aromatic N) is 4. The average molecular weight is 411 g/mol. The first-order valence-electron chi connectivity index (χ1n) is 10.2. The van der Waals surface area contributed by atoms with Crippen molar-refractivity contribution in [2.24, 2.45) is 0 Å². The van der Waals surface area contributed by atoms with Gasteiger partial charge in [0.15, 0.2) is 5.65 Å². The van der Waals surface area contributed by atoms with E-state index in [1.807, 2.05) is 25.1 Å². The lowest BCUT2D eigenvalue weighted by atomic mass is 10.1.